The molecule has 0 bridgehead atoms. The van der Waals surface area contributed by atoms with Gasteiger partial charge in [0.2, 0.25) is 0 Å². The van der Waals surface area contributed by atoms with Gasteiger partial charge in [-0.3, -0.25) is 4.79 Å². The van der Waals surface area contributed by atoms with Crippen LogP contribution in [0.15, 0.2) is 30.3 Å². The molecule has 1 fully saturated rings. The topological polar surface area (TPSA) is 50.4 Å². The van der Waals surface area contributed by atoms with Gasteiger partial charge in [-0.1, -0.05) is 18.2 Å². The second kappa shape index (κ2) is 7.48. The van der Waals surface area contributed by atoms with Gasteiger partial charge in [0.25, 0.3) is 5.91 Å². The van der Waals surface area contributed by atoms with Crippen molar-refractivity contribution in [2.75, 3.05) is 26.8 Å². The zero-order chi connectivity index (χ0) is 12.8. The number of carbonyl (C=O) groups is 1. The summed E-state index contributed by atoms with van der Waals surface area (Å²) in [6.07, 6.45) is 2.17. The zero-order valence-corrected chi connectivity index (χ0v) is 12.0. The van der Waals surface area contributed by atoms with Gasteiger partial charge in [-0.15, -0.1) is 12.4 Å². The number of hydrogen-bond acceptors (Lipinski definition) is 3. The molecule has 0 spiro atoms. The maximum Gasteiger partial charge on any atom is 0.251 e. The minimum absolute atomic E-state index is 0. The van der Waals surface area contributed by atoms with Gasteiger partial charge in [-0.25, -0.2) is 0 Å². The summed E-state index contributed by atoms with van der Waals surface area (Å²) in [7, 11) is 1.70. The second-order valence-corrected chi connectivity index (χ2v) is 4.79. The van der Waals surface area contributed by atoms with Crippen LogP contribution in [0.25, 0.3) is 0 Å². The summed E-state index contributed by atoms with van der Waals surface area (Å²) in [5.74, 6) is -0.0280. The quantitative estimate of drug-likeness (QED) is 0.864. The van der Waals surface area contributed by atoms with Crippen molar-refractivity contribution in [1.29, 1.82) is 0 Å². The van der Waals surface area contributed by atoms with Crippen LogP contribution in [0, 0.1) is 0 Å². The first-order valence-electron chi connectivity index (χ1n) is 6.33. The third kappa shape index (κ3) is 4.20. The van der Waals surface area contributed by atoms with E-state index < -0.39 is 0 Å². The number of carbonyl (C=O) groups excluding carboxylic acids is 1. The van der Waals surface area contributed by atoms with E-state index in [1.807, 2.05) is 30.3 Å². The van der Waals surface area contributed by atoms with Gasteiger partial charge in [0.05, 0.1) is 12.1 Å². The van der Waals surface area contributed by atoms with Crippen LogP contribution >= 0.6 is 12.4 Å². The van der Waals surface area contributed by atoms with Crippen LogP contribution in [-0.2, 0) is 4.74 Å². The van der Waals surface area contributed by atoms with Crippen molar-refractivity contribution < 1.29 is 9.53 Å². The fourth-order valence-corrected chi connectivity index (χ4v) is 2.41. The zero-order valence-electron chi connectivity index (χ0n) is 11.1. The summed E-state index contributed by atoms with van der Waals surface area (Å²) in [5, 5.41) is 6.42. The summed E-state index contributed by atoms with van der Waals surface area (Å²) < 4.78 is 5.25. The predicted molar refractivity (Wildman–Crippen MR) is 77.9 cm³/mol. The minimum Gasteiger partial charge on any atom is -0.383 e. The van der Waals surface area contributed by atoms with Crippen molar-refractivity contribution in [3.8, 4) is 0 Å². The molecule has 1 aliphatic heterocycles. The van der Waals surface area contributed by atoms with Crippen LogP contribution in [0.5, 0.6) is 0 Å². The van der Waals surface area contributed by atoms with Gasteiger partial charge in [-0.05, 0) is 31.5 Å². The second-order valence-electron chi connectivity index (χ2n) is 4.79. The molecule has 0 aromatic heterocycles. The highest BCUT2D eigenvalue weighted by Crippen LogP contribution is 2.18. The molecule has 0 radical (unpaired) electrons. The lowest BCUT2D eigenvalue weighted by atomic mass is 9.98. The van der Waals surface area contributed by atoms with Crippen LogP contribution in [0.3, 0.4) is 0 Å². The first-order chi connectivity index (χ1) is 8.76. The maximum absolute atomic E-state index is 12.0. The molecular weight excluding hydrogens is 264 g/mol. The Bertz CT molecular complexity index is 392. The van der Waals surface area contributed by atoms with Crippen molar-refractivity contribution in [3.63, 3.8) is 0 Å². The standard InChI is InChI=1S/C14H20N2O2.ClH/c1-18-11-14(8-5-9-16-14)10-15-13(17)12-6-3-2-4-7-12;/h2-4,6-7,16H,5,8-11H2,1H3,(H,15,17);1H. The Balaban J connectivity index is 0.00000180. The van der Waals surface area contributed by atoms with Crippen molar-refractivity contribution in [1.82, 2.24) is 10.6 Å². The summed E-state index contributed by atoms with van der Waals surface area (Å²) in [6, 6.07) is 9.28. The van der Waals surface area contributed by atoms with E-state index in [0.717, 1.165) is 19.4 Å². The van der Waals surface area contributed by atoms with Crippen molar-refractivity contribution >= 4 is 18.3 Å². The van der Waals surface area contributed by atoms with Gasteiger partial charge in [-0.2, -0.15) is 0 Å². The molecule has 1 saturated heterocycles. The molecule has 1 aromatic carbocycles. The van der Waals surface area contributed by atoms with Crippen LogP contribution in [0.1, 0.15) is 23.2 Å². The lowest BCUT2D eigenvalue weighted by Crippen LogP contribution is -2.52. The third-order valence-corrected chi connectivity index (χ3v) is 3.38. The van der Waals surface area contributed by atoms with Gasteiger partial charge >= 0.3 is 0 Å². The van der Waals surface area contributed by atoms with E-state index in [4.69, 9.17) is 4.74 Å². The van der Waals surface area contributed by atoms with E-state index in [9.17, 15) is 4.79 Å². The number of rotatable bonds is 5. The Morgan fingerprint density at radius 1 is 1.42 bits per heavy atom. The van der Waals surface area contributed by atoms with Gasteiger partial charge in [0, 0.05) is 19.2 Å². The van der Waals surface area contributed by atoms with Gasteiger partial charge in [0.1, 0.15) is 0 Å². The highest BCUT2D eigenvalue weighted by Gasteiger charge is 2.33. The largest absolute Gasteiger partial charge is 0.383 e. The highest BCUT2D eigenvalue weighted by molar-refractivity contribution is 5.94. The molecule has 2 N–H and O–H groups in total. The summed E-state index contributed by atoms with van der Waals surface area (Å²) >= 11 is 0. The Morgan fingerprint density at radius 2 is 2.16 bits per heavy atom. The first-order valence-corrected chi connectivity index (χ1v) is 6.33. The maximum atomic E-state index is 12.0. The van der Waals surface area contributed by atoms with E-state index in [2.05, 4.69) is 10.6 Å². The van der Waals surface area contributed by atoms with E-state index in [-0.39, 0.29) is 23.9 Å². The fourth-order valence-electron chi connectivity index (χ4n) is 2.41. The fraction of sp³-hybridized carbons (Fsp3) is 0.500. The molecule has 0 aliphatic carbocycles. The van der Waals surface area contributed by atoms with E-state index in [1.165, 1.54) is 0 Å². The van der Waals surface area contributed by atoms with Crippen LogP contribution in [-0.4, -0.2) is 38.3 Å². The predicted octanol–water partition coefficient (Wildman–Crippen LogP) is 1.61. The molecule has 1 aromatic rings. The van der Waals surface area contributed by atoms with E-state index in [1.54, 1.807) is 7.11 Å². The number of benzene rings is 1. The molecule has 1 aliphatic rings. The summed E-state index contributed by atoms with van der Waals surface area (Å²) in [4.78, 5) is 12.0. The molecule has 5 heteroatoms. The molecule has 2 rings (SSSR count). The minimum atomic E-state index is -0.0980. The monoisotopic (exact) mass is 284 g/mol. The molecule has 1 atom stereocenters. The summed E-state index contributed by atoms with van der Waals surface area (Å²) in [6.45, 7) is 2.22. The molecule has 106 valence electrons. The number of methoxy groups -OCH3 is 1. The molecule has 0 saturated carbocycles. The van der Waals surface area contributed by atoms with Crippen molar-refractivity contribution in [3.05, 3.63) is 35.9 Å². The van der Waals surface area contributed by atoms with Crippen LogP contribution < -0.4 is 10.6 Å². The Kier molecular flexibility index (Phi) is 6.28. The van der Waals surface area contributed by atoms with E-state index >= 15 is 0 Å². The van der Waals surface area contributed by atoms with Crippen molar-refractivity contribution in [2.24, 2.45) is 0 Å². The molecule has 1 amide bonds. The lowest BCUT2D eigenvalue weighted by Gasteiger charge is -2.28. The number of ether oxygens (including phenoxy) is 1. The Morgan fingerprint density at radius 3 is 2.74 bits per heavy atom. The van der Waals surface area contributed by atoms with Crippen molar-refractivity contribution in [2.45, 2.75) is 18.4 Å². The first kappa shape index (κ1) is 16.0. The average Bonchev–Trinajstić information content (AvgIpc) is 2.87. The molecule has 4 nitrogen and oxygen atoms in total. The SMILES string of the molecule is COCC1(CNC(=O)c2ccccc2)CCCN1.Cl. The molecule has 1 heterocycles. The number of amides is 1. The molecule has 19 heavy (non-hydrogen) atoms. The highest BCUT2D eigenvalue weighted by atomic mass is 35.5. The number of hydrogen-bond donors (Lipinski definition) is 2. The average molecular weight is 285 g/mol. The van der Waals surface area contributed by atoms with E-state index in [0.29, 0.717) is 18.7 Å². The molecular formula is C14H21ClN2O2. The van der Waals surface area contributed by atoms with Gasteiger partial charge < -0.3 is 15.4 Å². The lowest BCUT2D eigenvalue weighted by molar-refractivity contribution is 0.0892. The van der Waals surface area contributed by atoms with Gasteiger partial charge in [0.15, 0.2) is 0 Å². The van der Waals surface area contributed by atoms with Crippen LogP contribution in [0.2, 0.25) is 0 Å². The third-order valence-electron chi connectivity index (χ3n) is 3.38. The summed E-state index contributed by atoms with van der Waals surface area (Å²) in [5.41, 5.74) is 0.599. The smallest absolute Gasteiger partial charge is 0.251 e. The molecule has 1 unspecified atom stereocenters. The van der Waals surface area contributed by atoms with Crippen LogP contribution in [0.4, 0.5) is 0 Å². The Hall–Kier alpha value is -1.10. The Labute approximate surface area is 120 Å². The number of halogens is 1. The normalized spacial score (nSPS) is 21.7. The number of nitrogens with one attached hydrogen (secondary N) is 2.